The van der Waals surface area contributed by atoms with E-state index in [1.165, 1.54) is 42.4 Å². The standard InChI is InChI=1S/C16H25/c1-13-7-5-6-8-14(2)10-12-16(4)15(3)11-9-13/h7-8,12,15H,3,5-6,9-11H2,1-2,4H3/b13-7-,14-8-,16-12+. The van der Waals surface area contributed by atoms with Gasteiger partial charge in [-0.3, -0.25) is 0 Å². The van der Waals surface area contributed by atoms with E-state index in [0.29, 0.717) is 5.92 Å². The number of rotatable bonds is 0. The maximum Gasteiger partial charge on any atom is -0.0139 e. The molecule has 0 aromatic rings. The topological polar surface area (TPSA) is 0 Å². The van der Waals surface area contributed by atoms with E-state index in [1.807, 2.05) is 0 Å². The Hall–Kier alpha value is -0.780. The first-order valence-corrected chi connectivity index (χ1v) is 6.40. The van der Waals surface area contributed by atoms with Crippen LogP contribution in [0.3, 0.4) is 0 Å². The fourth-order valence-electron chi connectivity index (χ4n) is 1.96. The molecule has 0 amide bonds. The first kappa shape index (κ1) is 13.3. The van der Waals surface area contributed by atoms with E-state index in [-0.39, 0.29) is 0 Å². The van der Waals surface area contributed by atoms with E-state index < -0.39 is 0 Å². The smallest absolute Gasteiger partial charge is 0.0139 e. The van der Waals surface area contributed by atoms with Gasteiger partial charge in [-0.15, -0.1) is 0 Å². The van der Waals surface area contributed by atoms with Gasteiger partial charge in [-0.2, -0.15) is 0 Å². The van der Waals surface area contributed by atoms with Crippen molar-refractivity contribution in [2.75, 3.05) is 0 Å². The largest absolute Gasteiger partial charge is 0.0853 e. The van der Waals surface area contributed by atoms with Crippen LogP contribution in [0.4, 0.5) is 0 Å². The van der Waals surface area contributed by atoms with Gasteiger partial charge in [-0.1, -0.05) is 34.9 Å². The highest BCUT2D eigenvalue weighted by Gasteiger charge is 2.05. The molecule has 0 fully saturated rings. The summed E-state index contributed by atoms with van der Waals surface area (Å²) in [4.78, 5) is 0. The number of allylic oxidation sites excluding steroid dienone is 6. The van der Waals surface area contributed by atoms with E-state index in [2.05, 4.69) is 45.9 Å². The van der Waals surface area contributed by atoms with E-state index in [9.17, 15) is 0 Å². The summed E-state index contributed by atoms with van der Waals surface area (Å²) in [7, 11) is 0. The lowest BCUT2D eigenvalue weighted by Crippen LogP contribution is -1.98. The van der Waals surface area contributed by atoms with Gasteiger partial charge < -0.3 is 0 Å². The molecule has 0 saturated heterocycles. The quantitative estimate of drug-likeness (QED) is 0.487. The lowest BCUT2D eigenvalue weighted by molar-refractivity contribution is 0.660. The molecular formula is C16H25. The monoisotopic (exact) mass is 217 g/mol. The van der Waals surface area contributed by atoms with Crippen molar-refractivity contribution in [3.8, 4) is 0 Å². The molecule has 0 aliphatic heterocycles. The van der Waals surface area contributed by atoms with Crippen LogP contribution < -0.4 is 0 Å². The molecule has 0 N–H and O–H groups in total. The fraction of sp³-hybridized carbons (Fsp3) is 0.562. The second kappa shape index (κ2) is 6.73. The molecule has 16 heavy (non-hydrogen) atoms. The summed E-state index contributed by atoms with van der Waals surface area (Å²) >= 11 is 0. The molecule has 0 nitrogen and oxygen atoms in total. The zero-order valence-corrected chi connectivity index (χ0v) is 11.1. The predicted octanol–water partition coefficient (Wildman–Crippen LogP) is 5.24. The summed E-state index contributed by atoms with van der Waals surface area (Å²) < 4.78 is 0. The van der Waals surface area contributed by atoms with Crippen LogP contribution >= 0.6 is 0 Å². The third-order valence-electron chi connectivity index (χ3n) is 3.43. The van der Waals surface area contributed by atoms with E-state index >= 15 is 0 Å². The van der Waals surface area contributed by atoms with Crippen LogP contribution in [0.15, 0.2) is 34.9 Å². The molecule has 1 radical (unpaired) electrons. The molecule has 1 unspecified atom stereocenters. The van der Waals surface area contributed by atoms with Gasteiger partial charge in [0.2, 0.25) is 0 Å². The molecule has 0 aromatic carbocycles. The molecule has 0 saturated carbocycles. The minimum absolute atomic E-state index is 0.482. The van der Waals surface area contributed by atoms with Gasteiger partial charge in [-0.25, -0.2) is 0 Å². The molecule has 0 heteroatoms. The van der Waals surface area contributed by atoms with Crippen LogP contribution in [0.2, 0.25) is 0 Å². The predicted molar refractivity (Wildman–Crippen MR) is 73.2 cm³/mol. The summed E-state index contributed by atoms with van der Waals surface area (Å²) in [6, 6.07) is 0. The van der Waals surface area contributed by atoms with Crippen molar-refractivity contribution in [2.45, 2.75) is 52.9 Å². The highest BCUT2D eigenvalue weighted by molar-refractivity contribution is 5.13. The Morgan fingerprint density at radius 1 is 1.00 bits per heavy atom. The molecule has 89 valence electrons. The lowest BCUT2D eigenvalue weighted by atomic mass is 9.93. The molecule has 0 heterocycles. The minimum atomic E-state index is 0.482. The molecule has 1 aliphatic rings. The van der Waals surface area contributed by atoms with Crippen LogP contribution in [0, 0.1) is 12.8 Å². The summed E-state index contributed by atoms with van der Waals surface area (Å²) in [5.74, 6) is 0.482. The summed E-state index contributed by atoms with van der Waals surface area (Å²) in [5, 5.41) is 0. The summed E-state index contributed by atoms with van der Waals surface area (Å²) in [5.41, 5.74) is 4.45. The first-order valence-electron chi connectivity index (χ1n) is 6.40. The van der Waals surface area contributed by atoms with Crippen molar-refractivity contribution in [1.29, 1.82) is 0 Å². The van der Waals surface area contributed by atoms with Gasteiger partial charge in [0.25, 0.3) is 0 Å². The summed E-state index contributed by atoms with van der Waals surface area (Å²) in [6.45, 7) is 10.9. The van der Waals surface area contributed by atoms with Crippen molar-refractivity contribution in [3.05, 3.63) is 41.9 Å². The molecule has 0 spiro atoms. The number of hydrogen-bond acceptors (Lipinski definition) is 0. The second-order valence-corrected chi connectivity index (χ2v) is 5.07. The Morgan fingerprint density at radius 2 is 1.62 bits per heavy atom. The third kappa shape index (κ3) is 4.83. The molecule has 1 rings (SSSR count). The van der Waals surface area contributed by atoms with Crippen molar-refractivity contribution >= 4 is 0 Å². The minimum Gasteiger partial charge on any atom is -0.0853 e. The Kier molecular flexibility index (Phi) is 5.59. The zero-order chi connectivity index (χ0) is 12.0. The molecule has 1 atom stereocenters. The van der Waals surface area contributed by atoms with Crippen LogP contribution in [0.25, 0.3) is 0 Å². The zero-order valence-electron chi connectivity index (χ0n) is 11.1. The average molecular weight is 217 g/mol. The fourth-order valence-corrected chi connectivity index (χ4v) is 1.96. The molecule has 1 aliphatic carbocycles. The van der Waals surface area contributed by atoms with Crippen molar-refractivity contribution in [3.63, 3.8) is 0 Å². The highest BCUT2D eigenvalue weighted by atomic mass is 14.1. The van der Waals surface area contributed by atoms with Crippen LogP contribution in [-0.2, 0) is 0 Å². The first-order chi connectivity index (χ1) is 7.59. The Morgan fingerprint density at radius 3 is 2.31 bits per heavy atom. The van der Waals surface area contributed by atoms with Crippen molar-refractivity contribution in [2.24, 2.45) is 5.92 Å². The second-order valence-electron chi connectivity index (χ2n) is 5.07. The van der Waals surface area contributed by atoms with Crippen LogP contribution in [0.5, 0.6) is 0 Å². The Bertz CT molecular complexity index is 302. The molecule has 0 bridgehead atoms. The van der Waals surface area contributed by atoms with Crippen molar-refractivity contribution in [1.82, 2.24) is 0 Å². The van der Waals surface area contributed by atoms with E-state index in [4.69, 9.17) is 0 Å². The van der Waals surface area contributed by atoms with Crippen molar-refractivity contribution < 1.29 is 0 Å². The molecule has 0 aromatic heterocycles. The van der Waals surface area contributed by atoms with E-state index in [1.54, 1.807) is 0 Å². The maximum atomic E-state index is 4.25. The molecular weight excluding hydrogens is 192 g/mol. The van der Waals surface area contributed by atoms with Gasteiger partial charge in [0, 0.05) is 0 Å². The van der Waals surface area contributed by atoms with Crippen LogP contribution in [0.1, 0.15) is 52.9 Å². The number of hydrogen-bond donors (Lipinski definition) is 0. The van der Waals surface area contributed by atoms with Gasteiger partial charge in [0.15, 0.2) is 0 Å². The lowest BCUT2D eigenvalue weighted by Gasteiger charge is -2.13. The normalized spacial score (nSPS) is 34.5. The summed E-state index contributed by atoms with van der Waals surface area (Å²) in [6.07, 6.45) is 13.0. The third-order valence-corrected chi connectivity index (χ3v) is 3.43. The van der Waals surface area contributed by atoms with Gasteiger partial charge in [0.1, 0.15) is 0 Å². The SMILES string of the molecule is [CH2]C1CC/C(C)=C\CC/C=C(/C)C/C=C/1C. The average Bonchev–Trinajstić information content (AvgIpc) is 2.27. The van der Waals surface area contributed by atoms with E-state index in [0.717, 1.165) is 6.42 Å². The van der Waals surface area contributed by atoms with Gasteiger partial charge >= 0.3 is 0 Å². The Labute approximate surface area is 101 Å². The Balaban J connectivity index is 2.74. The highest BCUT2D eigenvalue weighted by Crippen LogP contribution is 2.21. The van der Waals surface area contributed by atoms with Crippen LogP contribution in [-0.4, -0.2) is 0 Å². The maximum absolute atomic E-state index is 4.25. The van der Waals surface area contributed by atoms with Gasteiger partial charge in [-0.05, 0) is 65.7 Å². The van der Waals surface area contributed by atoms with Gasteiger partial charge in [0.05, 0.1) is 0 Å².